The van der Waals surface area contributed by atoms with Crippen molar-refractivity contribution in [1.29, 1.82) is 0 Å². The number of carboxylic acids is 1. The monoisotopic (exact) mass is 480 g/mol. The van der Waals surface area contributed by atoms with Gasteiger partial charge in [-0.15, -0.1) is 0 Å². The lowest BCUT2D eigenvalue weighted by molar-refractivity contribution is -0.194. The Kier molecular flexibility index (Phi) is 7.15. The highest BCUT2D eigenvalue weighted by Gasteiger charge is 2.58. The van der Waals surface area contributed by atoms with Crippen LogP contribution in [0.5, 0.6) is 0 Å². The second-order valence-corrected chi connectivity index (χ2v) is 7.85. The highest BCUT2D eigenvalue weighted by atomic mass is 19.4. The number of benzene rings is 2. The number of amides is 2. The van der Waals surface area contributed by atoms with Gasteiger partial charge in [0.25, 0.3) is 5.91 Å². The van der Waals surface area contributed by atoms with Crippen molar-refractivity contribution >= 4 is 18.0 Å². The smallest absolute Gasteiger partial charge is 0.420 e. The molecule has 11 heteroatoms. The van der Waals surface area contributed by atoms with Gasteiger partial charge in [0.05, 0.1) is 6.54 Å². The van der Waals surface area contributed by atoms with Crippen molar-refractivity contribution in [3.63, 3.8) is 0 Å². The molecule has 3 N–H and O–H groups in total. The van der Waals surface area contributed by atoms with Crippen molar-refractivity contribution in [2.24, 2.45) is 0 Å². The van der Waals surface area contributed by atoms with Crippen LogP contribution in [0.15, 0.2) is 48.5 Å². The molecule has 2 unspecified atom stereocenters. The fourth-order valence-electron chi connectivity index (χ4n) is 3.73. The molecular formula is C23H23F3N2O6. The maximum Gasteiger partial charge on any atom is 0.420 e. The predicted molar refractivity (Wildman–Crippen MR) is 114 cm³/mol. The standard InChI is InChI=1S/C23H23F3N2O6/c1-22(23(24,25)26,20(31)27-11-18(33-2)19(29)30)28-21(32)34-12-17-15-9-5-3-7-13(15)14-8-4-6-10-16(14)17/h3-10,17-18H,11-12H2,1-2H3,(H,27,31)(H,28,32)(H,29,30). The summed E-state index contributed by atoms with van der Waals surface area (Å²) in [7, 11) is 1.03. The van der Waals surface area contributed by atoms with Gasteiger partial charge in [-0.25, -0.2) is 9.59 Å². The summed E-state index contributed by atoms with van der Waals surface area (Å²) in [6, 6.07) is 14.9. The second-order valence-electron chi connectivity index (χ2n) is 7.85. The van der Waals surface area contributed by atoms with E-state index in [2.05, 4.69) is 4.74 Å². The Hall–Kier alpha value is -3.60. The normalized spacial score (nSPS) is 15.4. The number of alkyl halides is 3. The molecule has 182 valence electrons. The van der Waals surface area contributed by atoms with Gasteiger partial charge in [-0.05, 0) is 29.2 Å². The number of carbonyl (C=O) groups excluding carboxylic acids is 2. The highest BCUT2D eigenvalue weighted by molar-refractivity contribution is 5.91. The van der Waals surface area contributed by atoms with E-state index in [0.717, 1.165) is 29.4 Å². The zero-order valence-electron chi connectivity index (χ0n) is 18.3. The molecule has 0 fully saturated rings. The van der Waals surface area contributed by atoms with Gasteiger partial charge in [-0.1, -0.05) is 48.5 Å². The maximum atomic E-state index is 13.7. The Morgan fingerprint density at radius 2 is 1.56 bits per heavy atom. The van der Waals surface area contributed by atoms with Gasteiger partial charge >= 0.3 is 18.2 Å². The molecule has 2 atom stereocenters. The van der Waals surface area contributed by atoms with Crippen molar-refractivity contribution in [1.82, 2.24) is 10.6 Å². The number of rotatable bonds is 8. The van der Waals surface area contributed by atoms with Crippen LogP contribution in [0.25, 0.3) is 11.1 Å². The van der Waals surface area contributed by atoms with E-state index in [1.807, 2.05) is 53.8 Å². The molecular weight excluding hydrogens is 457 g/mol. The summed E-state index contributed by atoms with van der Waals surface area (Å²) in [5.74, 6) is -3.51. The van der Waals surface area contributed by atoms with E-state index >= 15 is 0 Å². The summed E-state index contributed by atoms with van der Waals surface area (Å²) < 4.78 is 50.9. The van der Waals surface area contributed by atoms with Gasteiger partial charge in [0.1, 0.15) is 6.61 Å². The molecule has 0 spiro atoms. The molecule has 34 heavy (non-hydrogen) atoms. The summed E-state index contributed by atoms with van der Waals surface area (Å²) >= 11 is 0. The Morgan fingerprint density at radius 1 is 1.03 bits per heavy atom. The summed E-state index contributed by atoms with van der Waals surface area (Å²) in [6.07, 6.45) is -8.21. The highest BCUT2D eigenvalue weighted by Crippen LogP contribution is 2.44. The van der Waals surface area contributed by atoms with Crippen LogP contribution >= 0.6 is 0 Å². The molecule has 0 saturated heterocycles. The van der Waals surface area contributed by atoms with Crippen LogP contribution in [0.2, 0.25) is 0 Å². The number of nitrogens with one attached hydrogen (secondary N) is 2. The Morgan fingerprint density at radius 3 is 2.03 bits per heavy atom. The number of aliphatic carboxylic acids is 1. The predicted octanol–water partition coefficient (Wildman–Crippen LogP) is 3.06. The molecule has 2 aromatic rings. The maximum absolute atomic E-state index is 13.7. The SMILES string of the molecule is COC(CNC(=O)C(C)(NC(=O)OCC1c2ccccc2-c2ccccc21)C(F)(F)F)C(=O)O. The zero-order valence-corrected chi connectivity index (χ0v) is 18.3. The molecule has 3 rings (SSSR count). The molecule has 2 aromatic carbocycles. The van der Waals surface area contributed by atoms with E-state index in [0.29, 0.717) is 6.92 Å². The van der Waals surface area contributed by atoms with Gasteiger partial charge < -0.3 is 19.9 Å². The van der Waals surface area contributed by atoms with Crippen LogP contribution in [-0.4, -0.2) is 61.2 Å². The van der Waals surface area contributed by atoms with Crippen molar-refractivity contribution < 1.29 is 42.1 Å². The molecule has 0 heterocycles. The summed E-state index contributed by atoms with van der Waals surface area (Å²) in [5.41, 5.74) is 0.251. The Balaban J connectivity index is 1.71. The second kappa shape index (κ2) is 9.72. The largest absolute Gasteiger partial charge is 0.479 e. The molecule has 0 aliphatic heterocycles. The number of alkyl carbamates (subject to hydrolysis) is 1. The van der Waals surface area contributed by atoms with Gasteiger partial charge in [-0.2, -0.15) is 13.2 Å². The first-order valence-corrected chi connectivity index (χ1v) is 10.2. The first-order chi connectivity index (χ1) is 16.0. The Bertz CT molecular complexity index is 1040. The van der Waals surface area contributed by atoms with Crippen LogP contribution < -0.4 is 10.6 Å². The lowest BCUT2D eigenvalue weighted by atomic mass is 9.98. The molecule has 0 radical (unpaired) electrons. The number of hydrogen-bond acceptors (Lipinski definition) is 5. The number of halogens is 3. The topological polar surface area (TPSA) is 114 Å². The van der Waals surface area contributed by atoms with E-state index < -0.39 is 42.3 Å². The fourth-order valence-corrected chi connectivity index (χ4v) is 3.73. The number of methoxy groups -OCH3 is 1. The summed E-state index contributed by atoms with van der Waals surface area (Å²) in [6.45, 7) is -0.519. The average Bonchev–Trinajstić information content (AvgIpc) is 3.10. The van der Waals surface area contributed by atoms with Crippen molar-refractivity contribution in [2.45, 2.75) is 30.7 Å². The van der Waals surface area contributed by atoms with Gasteiger partial charge in [-0.3, -0.25) is 10.1 Å². The molecule has 1 aliphatic carbocycles. The number of hydrogen-bond donors (Lipinski definition) is 3. The summed E-state index contributed by atoms with van der Waals surface area (Å²) in [5, 5.41) is 12.4. The van der Waals surface area contributed by atoms with Gasteiger partial charge in [0.2, 0.25) is 5.54 Å². The molecule has 1 aliphatic rings. The van der Waals surface area contributed by atoms with Gasteiger partial charge in [0.15, 0.2) is 6.10 Å². The van der Waals surface area contributed by atoms with Crippen LogP contribution in [0.1, 0.15) is 24.0 Å². The number of fused-ring (bicyclic) bond motifs is 3. The van der Waals surface area contributed by atoms with Crippen LogP contribution in [0.3, 0.4) is 0 Å². The first kappa shape index (κ1) is 25.0. The van der Waals surface area contributed by atoms with E-state index in [4.69, 9.17) is 9.84 Å². The van der Waals surface area contributed by atoms with Crippen molar-refractivity contribution in [3.8, 4) is 11.1 Å². The Labute approximate surface area is 193 Å². The minimum atomic E-state index is -5.20. The number of ether oxygens (including phenoxy) is 2. The molecule has 0 aromatic heterocycles. The number of carboxylic acid groups (broad SMARTS) is 1. The lowest BCUT2D eigenvalue weighted by Crippen LogP contribution is -2.66. The minimum Gasteiger partial charge on any atom is -0.479 e. The third-order valence-electron chi connectivity index (χ3n) is 5.72. The van der Waals surface area contributed by atoms with E-state index in [9.17, 15) is 27.6 Å². The molecule has 8 nitrogen and oxygen atoms in total. The molecule has 0 saturated carbocycles. The van der Waals surface area contributed by atoms with E-state index in [1.54, 1.807) is 5.32 Å². The number of carbonyl (C=O) groups is 3. The van der Waals surface area contributed by atoms with Crippen LogP contribution in [0.4, 0.5) is 18.0 Å². The van der Waals surface area contributed by atoms with E-state index in [1.165, 1.54) is 0 Å². The molecule has 2 amide bonds. The third kappa shape index (κ3) is 4.84. The zero-order chi connectivity index (χ0) is 25.1. The third-order valence-corrected chi connectivity index (χ3v) is 5.72. The van der Waals surface area contributed by atoms with Crippen molar-refractivity contribution in [2.75, 3.05) is 20.3 Å². The minimum absolute atomic E-state index is 0.250. The van der Waals surface area contributed by atoms with Gasteiger partial charge in [0, 0.05) is 13.0 Å². The average molecular weight is 480 g/mol. The fraction of sp³-hybridized carbons (Fsp3) is 0.348. The quantitative estimate of drug-likeness (QED) is 0.535. The first-order valence-electron chi connectivity index (χ1n) is 10.2. The van der Waals surface area contributed by atoms with Crippen LogP contribution in [0, 0.1) is 0 Å². The summed E-state index contributed by atoms with van der Waals surface area (Å²) in [4.78, 5) is 35.7. The van der Waals surface area contributed by atoms with E-state index in [-0.39, 0.29) is 12.5 Å². The lowest BCUT2D eigenvalue weighted by Gasteiger charge is -2.31. The van der Waals surface area contributed by atoms with Crippen LogP contribution in [-0.2, 0) is 19.1 Å². The molecule has 0 bridgehead atoms. The van der Waals surface area contributed by atoms with Crippen molar-refractivity contribution in [3.05, 3.63) is 59.7 Å².